The molecule has 1 fully saturated rings. The maximum absolute atomic E-state index is 12.9. The Morgan fingerprint density at radius 1 is 1.13 bits per heavy atom. The van der Waals surface area contributed by atoms with Gasteiger partial charge >= 0.3 is 0 Å². The lowest BCUT2D eigenvalue weighted by molar-refractivity contribution is 0.0998. The van der Waals surface area contributed by atoms with Gasteiger partial charge in [0.2, 0.25) is 10.0 Å². The van der Waals surface area contributed by atoms with E-state index in [4.69, 9.17) is 4.42 Å². The highest BCUT2D eigenvalue weighted by molar-refractivity contribution is 7.89. The van der Waals surface area contributed by atoms with Crippen molar-refractivity contribution >= 4 is 32.6 Å². The van der Waals surface area contributed by atoms with Crippen LogP contribution in [-0.2, 0) is 10.0 Å². The molecule has 158 valence electrons. The van der Waals surface area contributed by atoms with Gasteiger partial charge in [0.05, 0.1) is 4.90 Å². The van der Waals surface area contributed by atoms with Crippen molar-refractivity contribution in [1.29, 1.82) is 0 Å². The first-order valence-corrected chi connectivity index (χ1v) is 11.6. The number of nitrogens with one attached hydrogen (secondary N) is 1. The minimum absolute atomic E-state index is 0.241. The van der Waals surface area contributed by atoms with E-state index in [-0.39, 0.29) is 16.6 Å². The molecular formula is C23H26N2O4S. The number of piperidine rings is 1. The van der Waals surface area contributed by atoms with Crippen molar-refractivity contribution in [3.05, 3.63) is 59.4 Å². The SMILES string of the molecule is Cc1ccc2oc(C(=O)Nc3ccc(S(=O)(=O)N4CCCC(C)C4)cc3)c(C)c2c1. The van der Waals surface area contributed by atoms with E-state index in [0.29, 0.717) is 30.3 Å². The highest BCUT2D eigenvalue weighted by Crippen LogP contribution is 2.28. The summed E-state index contributed by atoms with van der Waals surface area (Å²) >= 11 is 0. The number of carbonyl (C=O) groups excluding carboxylic acids is 1. The molecule has 1 aliphatic heterocycles. The van der Waals surface area contributed by atoms with Crippen molar-refractivity contribution in [2.45, 2.75) is 38.5 Å². The zero-order valence-electron chi connectivity index (χ0n) is 17.4. The topological polar surface area (TPSA) is 79.6 Å². The van der Waals surface area contributed by atoms with Crippen molar-refractivity contribution in [2.24, 2.45) is 5.92 Å². The van der Waals surface area contributed by atoms with Crippen LogP contribution in [0.4, 0.5) is 5.69 Å². The Balaban J connectivity index is 1.52. The van der Waals surface area contributed by atoms with Crippen LogP contribution in [0.5, 0.6) is 0 Å². The van der Waals surface area contributed by atoms with E-state index in [2.05, 4.69) is 12.2 Å². The maximum atomic E-state index is 12.9. The second-order valence-electron chi connectivity index (χ2n) is 8.14. The zero-order valence-corrected chi connectivity index (χ0v) is 18.3. The molecule has 2 heterocycles. The number of hydrogen-bond acceptors (Lipinski definition) is 4. The van der Waals surface area contributed by atoms with Crippen LogP contribution in [0, 0.1) is 19.8 Å². The number of nitrogens with zero attached hydrogens (tertiary/aromatic N) is 1. The van der Waals surface area contributed by atoms with Gasteiger partial charge in [0.15, 0.2) is 5.76 Å². The van der Waals surface area contributed by atoms with Crippen LogP contribution in [-0.4, -0.2) is 31.7 Å². The normalized spacial score (nSPS) is 17.9. The maximum Gasteiger partial charge on any atom is 0.291 e. The van der Waals surface area contributed by atoms with Crippen LogP contribution >= 0.6 is 0 Å². The Morgan fingerprint density at radius 2 is 1.87 bits per heavy atom. The predicted octanol–water partition coefficient (Wildman–Crippen LogP) is 4.72. The van der Waals surface area contributed by atoms with Gasteiger partial charge in [-0.15, -0.1) is 0 Å². The Morgan fingerprint density at radius 3 is 2.57 bits per heavy atom. The quantitative estimate of drug-likeness (QED) is 0.654. The Labute approximate surface area is 176 Å². The molecule has 1 aliphatic rings. The van der Waals surface area contributed by atoms with Gasteiger partial charge in [-0.2, -0.15) is 4.31 Å². The summed E-state index contributed by atoms with van der Waals surface area (Å²) in [5.41, 5.74) is 3.06. The molecule has 3 aromatic rings. The van der Waals surface area contributed by atoms with Gasteiger partial charge in [-0.05, 0) is 69.0 Å². The van der Waals surface area contributed by atoms with Crippen LogP contribution in [0.3, 0.4) is 0 Å². The van der Waals surface area contributed by atoms with Crippen molar-refractivity contribution in [1.82, 2.24) is 4.31 Å². The first-order valence-electron chi connectivity index (χ1n) is 10.2. The number of rotatable bonds is 4. The van der Waals surface area contributed by atoms with Crippen LogP contribution in [0.2, 0.25) is 0 Å². The molecule has 1 N–H and O–H groups in total. The number of sulfonamides is 1. The fourth-order valence-electron chi connectivity index (χ4n) is 3.96. The minimum atomic E-state index is -3.52. The summed E-state index contributed by atoms with van der Waals surface area (Å²) in [5.74, 6) is 0.263. The molecule has 30 heavy (non-hydrogen) atoms. The molecule has 4 rings (SSSR count). The van der Waals surface area contributed by atoms with E-state index < -0.39 is 10.0 Å². The molecule has 7 heteroatoms. The van der Waals surface area contributed by atoms with Gasteiger partial charge in [-0.3, -0.25) is 4.79 Å². The minimum Gasteiger partial charge on any atom is -0.451 e. The Hall–Kier alpha value is -2.64. The van der Waals surface area contributed by atoms with Crippen molar-refractivity contribution < 1.29 is 17.6 Å². The molecule has 1 unspecified atom stereocenters. The van der Waals surface area contributed by atoms with Gasteiger partial charge in [0.25, 0.3) is 5.91 Å². The summed E-state index contributed by atoms with van der Waals surface area (Å²) in [5, 5.41) is 3.71. The van der Waals surface area contributed by atoms with E-state index in [0.717, 1.165) is 29.4 Å². The number of hydrogen-bond donors (Lipinski definition) is 1. The molecule has 0 spiro atoms. The van der Waals surface area contributed by atoms with E-state index in [1.54, 1.807) is 28.6 Å². The number of furan rings is 1. The number of carbonyl (C=O) groups is 1. The molecular weight excluding hydrogens is 400 g/mol. The van der Waals surface area contributed by atoms with Crippen molar-refractivity contribution in [2.75, 3.05) is 18.4 Å². The van der Waals surface area contributed by atoms with Gasteiger partial charge < -0.3 is 9.73 Å². The summed E-state index contributed by atoms with van der Waals surface area (Å²) in [4.78, 5) is 13.0. The van der Waals surface area contributed by atoms with E-state index in [1.807, 2.05) is 32.0 Å². The van der Waals surface area contributed by atoms with E-state index in [1.165, 1.54) is 0 Å². The first-order chi connectivity index (χ1) is 14.3. The third-order valence-corrected chi connectivity index (χ3v) is 7.55. The van der Waals surface area contributed by atoms with Crippen LogP contribution < -0.4 is 5.32 Å². The number of fused-ring (bicyclic) bond motifs is 1. The molecule has 6 nitrogen and oxygen atoms in total. The number of aryl methyl sites for hydroxylation is 2. The third-order valence-electron chi connectivity index (χ3n) is 5.67. The lowest BCUT2D eigenvalue weighted by Gasteiger charge is -2.30. The summed E-state index contributed by atoms with van der Waals surface area (Å²) < 4.78 is 33.1. The fourth-order valence-corrected chi connectivity index (χ4v) is 5.56. The van der Waals surface area contributed by atoms with Crippen LogP contribution in [0.15, 0.2) is 51.8 Å². The molecule has 1 atom stereocenters. The summed E-state index contributed by atoms with van der Waals surface area (Å²) in [6.07, 6.45) is 1.93. The monoisotopic (exact) mass is 426 g/mol. The first kappa shape index (κ1) is 20.6. The van der Waals surface area contributed by atoms with Crippen LogP contribution in [0.1, 0.15) is 41.4 Å². The fraction of sp³-hybridized carbons (Fsp3) is 0.348. The van der Waals surface area contributed by atoms with Gasteiger partial charge in [0.1, 0.15) is 5.58 Å². The molecule has 0 saturated carbocycles. The van der Waals surface area contributed by atoms with Crippen molar-refractivity contribution in [3.63, 3.8) is 0 Å². The molecule has 0 bridgehead atoms. The molecule has 1 saturated heterocycles. The number of anilines is 1. The Bertz CT molecular complexity index is 1200. The lowest BCUT2D eigenvalue weighted by atomic mass is 10.0. The second-order valence-corrected chi connectivity index (χ2v) is 10.1. The van der Waals surface area contributed by atoms with Crippen LogP contribution in [0.25, 0.3) is 11.0 Å². The molecule has 1 aromatic heterocycles. The highest BCUT2D eigenvalue weighted by atomic mass is 32.2. The average molecular weight is 427 g/mol. The van der Waals surface area contributed by atoms with E-state index in [9.17, 15) is 13.2 Å². The summed E-state index contributed by atoms with van der Waals surface area (Å²) in [6, 6.07) is 12.1. The average Bonchev–Trinajstić information content (AvgIpc) is 3.04. The molecule has 0 aliphatic carbocycles. The van der Waals surface area contributed by atoms with Crippen molar-refractivity contribution in [3.8, 4) is 0 Å². The predicted molar refractivity (Wildman–Crippen MR) is 117 cm³/mol. The molecule has 0 radical (unpaired) electrons. The zero-order chi connectivity index (χ0) is 21.5. The van der Waals surface area contributed by atoms with Gasteiger partial charge in [-0.1, -0.05) is 18.6 Å². The number of amides is 1. The van der Waals surface area contributed by atoms with E-state index >= 15 is 0 Å². The third kappa shape index (κ3) is 3.87. The van der Waals surface area contributed by atoms with Gasteiger partial charge in [0, 0.05) is 29.7 Å². The summed E-state index contributed by atoms with van der Waals surface area (Å²) in [6.45, 7) is 7.02. The van der Waals surface area contributed by atoms with Gasteiger partial charge in [-0.25, -0.2) is 8.42 Å². The largest absolute Gasteiger partial charge is 0.451 e. The lowest BCUT2D eigenvalue weighted by Crippen LogP contribution is -2.39. The highest BCUT2D eigenvalue weighted by Gasteiger charge is 2.28. The smallest absolute Gasteiger partial charge is 0.291 e. The second kappa shape index (κ2) is 7.89. The standard InChI is InChI=1S/C23H26N2O4S/c1-15-6-11-21-20(13-15)17(3)22(29-21)23(26)24-18-7-9-19(10-8-18)30(27,28)25-12-4-5-16(2)14-25/h6-11,13,16H,4-5,12,14H2,1-3H3,(H,24,26). The Kier molecular flexibility index (Phi) is 5.42. The molecule has 1 amide bonds. The summed E-state index contributed by atoms with van der Waals surface area (Å²) in [7, 11) is -3.52. The number of benzene rings is 2. The molecule has 2 aromatic carbocycles.